The third-order valence-electron chi connectivity index (χ3n) is 5.26. The van der Waals surface area contributed by atoms with E-state index in [1.54, 1.807) is 47.0 Å². The van der Waals surface area contributed by atoms with Gasteiger partial charge >= 0.3 is 0 Å². The number of nitrogens with zero attached hydrogens (tertiary/aromatic N) is 2. The molecule has 1 aromatic heterocycles. The highest BCUT2D eigenvalue weighted by Gasteiger charge is 2.22. The lowest BCUT2D eigenvalue weighted by Crippen LogP contribution is -2.31. The molecule has 0 saturated carbocycles. The van der Waals surface area contributed by atoms with E-state index in [0.29, 0.717) is 40.8 Å². The number of fused-ring (bicyclic) bond motifs is 1. The maximum absolute atomic E-state index is 13.0. The summed E-state index contributed by atoms with van der Waals surface area (Å²) in [5.41, 5.74) is 3.55. The van der Waals surface area contributed by atoms with Crippen molar-refractivity contribution in [3.63, 3.8) is 0 Å². The van der Waals surface area contributed by atoms with E-state index in [9.17, 15) is 9.59 Å². The molecule has 4 rings (SSSR count). The van der Waals surface area contributed by atoms with E-state index in [0.717, 1.165) is 16.6 Å². The van der Waals surface area contributed by atoms with E-state index >= 15 is 0 Å². The molecule has 0 radical (unpaired) electrons. The Kier molecular flexibility index (Phi) is 6.34. The zero-order chi connectivity index (χ0) is 22.0. The van der Waals surface area contributed by atoms with Gasteiger partial charge in [-0.05, 0) is 55.1 Å². The molecule has 31 heavy (non-hydrogen) atoms. The maximum Gasteiger partial charge on any atom is 0.254 e. The molecule has 0 spiro atoms. The molecule has 2 N–H and O–H groups in total. The Balaban J connectivity index is 1.53. The number of thioether (sulfide) groups is 1. The van der Waals surface area contributed by atoms with Crippen LogP contribution in [0.25, 0.3) is 11.0 Å². The molecule has 2 aromatic carbocycles. The molecular weight excluding hydrogens is 432 g/mol. The van der Waals surface area contributed by atoms with E-state index in [4.69, 9.17) is 11.6 Å². The fourth-order valence-corrected chi connectivity index (χ4v) is 4.36. The second-order valence-corrected chi connectivity index (χ2v) is 8.82. The van der Waals surface area contributed by atoms with Crippen LogP contribution < -0.4 is 5.32 Å². The van der Waals surface area contributed by atoms with Crippen molar-refractivity contribution < 1.29 is 9.59 Å². The fraction of sp³-hybridized carbons (Fsp3) is 0.261. The van der Waals surface area contributed by atoms with E-state index in [2.05, 4.69) is 15.3 Å². The normalized spacial score (nSPS) is 14.2. The maximum atomic E-state index is 13.0. The zero-order valence-electron chi connectivity index (χ0n) is 17.3. The molecule has 3 aromatic rings. The number of hydrogen-bond donors (Lipinski definition) is 2. The Hall–Kier alpha value is -2.77. The van der Waals surface area contributed by atoms with Crippen molar-refractivity contribution in [1.29, 1.82) is 0 Å². The van der Waals surface area contributed by atoms with Gasteiger partial charge in [0.25, 0.3) is 11.8 Å². The summed E-state index contributed by atoms with van der Waals surface area (Å²) < 4.78 is 0. The second-order valence-electron chi connectivity index (χ2n) is 7.48. The van der Waals surface area contributed by atoms with Crippen molar-refractivity contribution in [3.05, 3.63) is 76.1 Å². The van der Waals surface area contributed by atoms with Gasteiger partial charge in [-0.2, -0.15) is 11.8 Å². The molecule has 1 atom stereocenters. The monoisotopic (exact) mass is 454 g/mol. The van der Waals surface area contributed by atoms with Crippen LogP contribution in [0.2, 0.25) is 5.02 Å². The predicted molar refractivity (Wildman–Crippen MR) is 126 cm³/mol. The first-order valence-corrected chi connectivity index (χ1v) is 11.7. The SMILES string of the molecule is CSC[C@H](NC(=O)c1ccc(C(=O)N2CC=CC2)c(C)c1)c1nc2cc(Cl)ccc2[nH]1. The number of hydrogen-bond acceptors (Lipinski definition) is 4. The van der Waals surface area contributed by atoms with Crippen molar-refractivity contribution in [1.82, 2.24) is 20.2 Å². The minimum atomic E-state index is -0.286. The molecule has 8 heteroatoms. The highest BCUT2D eigenvalue weighted by atomic mass is 35.5. The number of imidazole rings is 1. The standard InChI is InChI=1S/C23H23ClN4O2S/c1-14-11-15(5-7-17(14)23(30)28-9-3-4-10-28)22(29)27-20(13-31-2)21-25-18-8-6-16(24)12-19(18)26-21/h3-8,11-12,20H,9-10,13H2,1-2H3,(H,25,26)(H,27,29)/t20-/m0/s1. The molecule has 1 aliphatic heterocycles. The van der Waals surface area contributed by atoms with Gasteiger partial charge in [0.05, 0.1) is 17.1 Å². The van der Waals surface area contributed by atoms with Crippen molar-refractivity contribution in [2.24, 2.45) is 0 Å². The van der Waals surface area contributed by atoms with Crippen LogP contribution in [-0.4, -0.2) is 51.8 Å². The number of carbonyl (C=O) groups is 2. The highest BCUT2D eigenvalue weighted by molar-refractivity contribution is 7.98. The number of amides is 2. The van der Waals surface area contributed by atoms with Crippen molar-refractivity contribution in [2.45, 2.75) is 13.0 Å². The summed E-state index contributed by atoms with van der Waals surface area (Å²) in [6.45, 7) is 3.11. The smallest absolute Gasteiger partial charge is 0.254 e. The average molecular weight is 455 g/mol. The summed E-state index contributed by atoms with van der Waals surface area (Å²) in [6.07, 6.45) is 5.94. The fourth-order valence-electron chi connectivity index (χ4n) is 3.62. The lowest BCUT2D eigenvalue weighted by Gasteiger charge is -2.18. The number of aromatic nitrogens is 2. The lowest BCUT2D eigenvalue weighted by atomic mass is 10.0. The summed E-state index contributed by atoms with van der Waals surface area (Å²) in [4.78, 5) is 35.3. The minimum absolute atomic E-state index is 0.0179. The van der Waals surface area contributed by atoms with Gasteiger partial charge < -0.3 is 15.2 Å². The molecule has 160 valence electrons. The van der Waals surface area contributed by atoms with Crippen LogP contribution in [0.3, 0.4) is 0 Å². The van der Waals surface area contributed by atoms with E-state index < -0.39 is 0 Å². The van der Waals surface area contributed by atoms with Gasteiger partial charge in [-0.25, -0.2) is 4.98 Å². The van der Waals surface area contributed by atoms with Crippen LogP contribution >= 0.6 is 23.4 Å². The molecule has 2 heterocycles. The number of rotatable bonds is 6. The Labute approximate surface area is 190 Å². The van der Waals surface area contributed by atoms with Gasteiger partial charge in [0.2, 0.25) is 0 Å². The van der Waals surface area contributed by atoms with Gasteiger partial charge in [0.15, 0.2) is 0 Å². The topological polar surface area (TPSA) is 78.1 Å². The molecule has 0 fully saturated rings. The van der Waals surface area contributed by atoms with Gasteiger partial charge in [-0.3, -0.25) is 9.59 Å². The number of carbonyl (C=O) groups excluding carboxylic acids is 2. The number of nitrogens with one attached hydrogen (secondary N) is 2. The van der Waals surface area contributed by atoms with Gasteiger partial charge in [-0.15, -0.1) is 0 Å². The minimum Gasteiger partial charge on any atom is -0.341 e. The predicted octanol–water partition coefficient (Wildman–Crippen LogP) is 4.37. The van der Waals surface area contributed by atoms with E-state index in [-0.39, 0.29) is 17.9 Å². The molecule has 2 amide bonds. The van der Waals surface area contributed by atoms with Crippen LogP contribution in [0.5, 0.6) is 0 Å². The van der Waals surface area contributed by atoms with E-state index in [1.165, 1.54) is 0 Å². The first kappa shape index (κ1) is 21.5. The second kappa shape index (κ2) is 9.16. The van der Waals surface area contributed by atoms with Crippen LogP contribution in [-0.2, 0) is 0 Å². The summed E-state index contributed by atoms with van der Waals surface area (Å²) in [7, 11) is 0. The molecule has 6 nitrogen and oxygen atoms in total. The van der Waals surface area contributed by atoms with Gasteiger partial charge in [0.1, 0.15) is 5.82 Å². The lowest BCUT2D eigenvalue weighted by molar-refractivity contribution is 0.0798. The number of halogens is 1. The number of H-pyrrole nitrogens is 1. The van der Waals surface area contributed by atoms with Crippen LogP contribution in [0.15, 0.2) is 48.6 Å². The zero-order valence-corrected chi connectivity index (χ0v) is 18.9. The molecular formula is C23H23ClN4O2S. The van der Waals surface area contributed by atoms with Crippen molar-refractivity contribution in [2.75, 3.05) is 25.1 Å². The van der Waals surface area contributed by atoms with Crippen molar-refractivity contribution in [3.8, 4) is 0 Å². The van der Waals surface area contributed by atoms with Gasteiger partial charge in [0, 0.05) is 35.0 Å². The molecule has 0 aliphatic carbocycles. The molecule has 0 bridgehead atoms. The number of benzene rings is 2. The first-order chi connectivity index (χ1) is 15.0. The van der Waals surface area contributed by atoms with Crippen LogP contribution in [0.1, 0.15) is 38.1 Å². The number of aryl methyl sites for hydroxylation is 1. The molecule has 0 unspecified atom stereocenters. The number of aromatic amines is 1. The highest BCUT2D eigenvalue weighted by Crippen LogP contribution is 2.22. The summed E-state index contributed by atoms with van der Waals surface area (Å²) in [5.74, 6) is 1.12. The summed E-state index contributed by atoms with van der Waals surface area (Å²) in [5, 5.41) is 3.68. The first-order valence-electron chi connectivity index (χ1n) is 9.96. The largest absolute Gasteiger partial charge is 0.341 e. The van der Waals surface area contributed by atoms with Crippen LogP contribution in [0, 0.1) is 6.92 Å². The Bertz CT molecular complexity index is 1170. The molecule has 0 saturated heterocycles. The van der Waals surface area contributed by atoms with Crippen molar-refractivity contribution >= 4 is 46.2 Å². The summed E-state index contributed by atoms with van der Waals surface area (Å²) >= 11 is 7.69. The Morgan fingerprint density at radius 2 is 2.00 bits per heavy atom. The quantitative estimate of drug-likeness (QED) is 0.542. The third kappa shape index (κ3) is 4.62. The Morgan fingerprint density at radius 3 is 2.71 bits per heavy atom. The Morgan fingerprint density at radius 1 is 1.23 bits per heavy atom. The average Bonchev–Trinajstić information content (AvgIpc) is 3.42. The summed E-state index contributed by atoms with van der Waals surface area (Å²) in [6, 6.07) is 10.4. The van der Waals surface area contributed by atoms with E-state index in [1.807, 2.05) is 31.4 Å². The third-order valence-corrected chi connectivity index (χ3v) is 6.16. The van der Waals surface area contributed by atoms with Gasteiger partial charge in [-0.1, -0.05) is 23.8 Å². The molecule has 1 aliphatic rings. The van der Waals surface area contributed by atoms with Crippen LogP contribution in [0.4, 0.5) is 0 Å².